The molecular formula is C13H21BN2O3. The van der Waals surface area contributed by atoms with E-state index in [9.17, 15) is 9.82 Å². The molecule has 6 heteroatoms. The van der Waals surface area contributed by atoms with Crippen molar-refractivity contribution < 1.29 is 14.7 Å². The van der Waals surface area contributed by atoms with E-state index in [0.29, 0.717) is 6.42 Å². The predicted octanol–water partition coefficient (Wildman–Crippen LogP) is 0.707. The number of aryl methyl sites for hydroxylation is 1. The fraction of sp³-hybridized carbons (Fsp3) is 0.462. The minimum atomic E-state index is -0.741. The molecule has 0 unspecified atom stereocenters. The molecule has 0 fully saturated rings. The Morgan fingerprint density at radius 2 is 2.11 bits per heavy atom. The summed E-state index contributed by atoms with van der Waals surface area (Å²) in [7, 11) is 2.26. The van der Waals surface area contributed by atoms with Crippen LogP contribution >= 0.6 is 0 Å². The molecule has 0 aromatic heterocycles. The number of carbonyl (C=O) groups is 1. The maximum Gasteiger partial charge on any atom is 0.374 e. The molecule has 19 heavy (non-hydrogen) atoms. The van der Waals surface area contributed by atoms with Crippen molar-refractivity contribution in [2.75, 3.05) is 14.2 Å². The van der Waals surface area contributed by atoms with Crippen molar-refractivity contribution in [3.05, 3.63) is 35.9 Å². The van der Waals surface area contributed by atoms with Crippen LogP contribution in [0.25, 0.3) is 0 Å². The summed E-state index contributed by atoms with van der Waals surface area (Å²) >= 11 is 0. The molecule has 1 atom stereocenters. The lowest BCUT2D eigenvalue weighted by Gasteiger charge is -2.23. The Kier molecular flexibility index (Phi) is 6.55. The van der Waals surface area contributed by atoms with E-state index >= 15 is 0 Å². The first kappa shape index (κ1) is 15.7. The number of carbonyl (C=O) groups excluding carboxylic acids is 1. The first-order valence-corrected chi connectivity index (χ1v) is 6.34. The highest BCUT2D eigenvalue weighted by molar-refractivity contribution is 6.46. The molecule has 0 heterocycles. The number of hydrogen-bond donors (Lipinski definition) is 2. The number of nitrogens with one attached hydrogen (secondary N) is 1. The molecule has 1 amide bonds. The summed E-state index contributed by atoms with van der Waals surface area (Å²) in [4.78, 5) is 16.9. The normalized spacial score (nSPS) is 12.0. The molecule has 104 valence electrons. The van der Waals surface area contributed by atoms with Crippen molar-refractivity contribution in [1.29, 1.82) is 0 Å². The second kappa shape index (κ2) is 7.94. The van der Waals surface area contributed by atoms with Crippen LogP contribution in [0.3, 0.4) is 0 Å². The Morgan fingerprint density at radius 1 is 1.47 bits per heavy atom. The second-order valence-electron chi connectivity index (χ2n) is 4.44. The van der Waals surface area contributed by atoms with Gasteiger partial charge in [-0.15, -0.1) is 0 Å². The zero-order valence-electron chi connectivity index (χ0n) is 11.7. The number of likely N-dealkylation sites (N-methyl/N-ethyl adjacent to an activating group) is 1. The number of benzene rings is 1. The summed E-state index contributed by atoms with van der Waals surface area (Å²) in [6.45, 7) is 1.59. The minimum Gasteiger partial charge on any atom is -0.437 e. The van der Waals surface area contributed by atoms with Gasteiger partial charge in [0.25, 0.3) is 5.91 Å². The molecule has 0 aliphatic rings. The smallest absolute Gasteiger partial charge is 0.374 e. The highest BCUT2D eigenvalue weighted by Gasteiger charge is 2.24. The van der Waals surface area contributed by atoms with Gasteiger partial charge < -0.3 is 10.3 Å². The highest BCUT2D eigenvalue weighted by atomic mass is 16.7. The van der Waals surface area contributed by atoms with E-state index in [1.165, 1.54) is 12.2 Å². The molecule has 0 saturated heterocycles. The first-order chi connectivity index (χ1) is 9.04. The van der Waals surface area contributed by atoms with Crippen molar-refractivity contribution in [3.63, 3.8) is 0 Å². The minimum absolute atomic E-state index is 0.195. The number of nitrogens with zero attached hydrogens (tertiary/aromatic N) is 1. The molecule has 2 N–H and O–H groups in total. The summed E-state index contributed by atoms with van der Waals surface area (Å²) in [5.74, 6) is -0.195. The fourth-order valence-corrected chi connectivity index (χ4v) is 1.83. The van der Waals surface area contributed by atoms with Crippen LogP contribution < -0.4 is 5.23 Å². The standard InChI is InChI=1S/C13H21BN2O3/c1-14(18)15-12(13(17)16(2)19-3)10-9-11-7-5-4-6-8-11/h4-8,12,15,18H,9-10H2,1-3H3/t12-/m1/s1. The molecule has 1 aromatic carbocycles. The van der Waals surface area contributed by atoms with Crippen molar-refractivity contribution in [2.24, 2.45) is 0 Å². The zero-order valence-corrected chi connectivity index (χ0v) is 11.7. The van der Waals surface area contributed by atoms with E-state index in [2.05, 4.69) is 5.23 Å². The summed E-state index contributed by atoms with van der Waals surface area (Å²) < 4.78 is 0. The monoisotopic (exact) mass is 264 g/mol. The molecule has 0 saturated carbocycles. The Balaban J connectivity index is 2.62. The number of amides is 1. The van der Waals surface area contributed by atoms with Gasteiger partial charge in [0.15, 0.2) is 0 Å². The molecule has 1 rings (SSSR count). The summed E-state index contributed by atoms with van der Waals surface area (Å²) in [5, 5.41) is 13.4. The van der Waals surface area contributed by atoms with Gasteiger partial charge in [-0.05, 0) is 25.2 Å². The van der Waals surface area contributed by atoms with Crippen molar-refractivity contribution in [2.45, 2.75) is 25.7 Å². The lowest BCUT2D eigenvalue weighted by molar-refractivity contribution is -0.170. The molecule has 0 bridgehead atoms. The van der Waals surface area contributed by atoms with Crippen LogP contribution in [-0.4, -0.2) is 43.2 Å². The maximum absolute atomic E-state index is 12.1. The van der Waals surface area contributed by atoms with E-state index in [-0.39, 0.29) is 5.91 Å². The molecule has 5 nitrogen and oxygen atoms in total. The maximum atomic E-state index is 12.1. The van der Waals surface area contributed by atoms with Gasteiger partial charge in [-0.25, -0.2) is 5.06 Å². The third kappa shape index (κ3) is 5.42. The fourth-order valence-electron chi connectivity index (χ4n) is 1.83. The molecule has 1 aromatic rings. The molecule has 0 radical (unpaired) electrons. The van der Waals surface area contributed by atoms with E-state index in [1.807, 2.05) is 30.3 Å². The Labute approximate surface area is 114 Å². The Morgan fingerprint density at radius 3 is 2.63 bits per heavy atom. The van der Waals surface area contributed by atoms with Gasteiger partial charge in [-0.2, -0.15) is 0 Å². The summed E-state index contributed by atoms with van der Waals surface area (Å²) in [6, 6.07) is 9.46. The van der Waals surface area contributed by atoms with E-state index in [0.717, 1.165) is 12.0 Å². The van der Waals surface area contributed by atoms with Crippen LogP contribution in [0, 0.1) is 0 Å². The van der Waals surface area contributed by atoms with E-state index in [1.54, 1.807) is 13.9 Å². The summed E-state index contributed by atoms with van der Waals surface area (Å²) in [6.07, 6.45) is 1.36. The quantitative estimate of drug-likeness (QED) is 0.562. The lowest BCUT2D eigenvalue weighted by Crippen LogP contribution is -2.49. The topological polar surface area (TPSA) is 61.8 Å². The van der Waals surface area contributed by atoms with Gasteiger partial charge in [0.05, 0.1) is 13.2 Å². The van der Waals surface area contributed by atoms with Crippen LogP contribution in [0.2, 0.25) is 6.82 Å². The van der Waals surface area contributed by atoms with Gasteiger partial charge in [0.2, 0.25) is 0 Å². The number of hydrogen-bond acceptors (Lipinski definition) is 4. The third-order valence-corrected chi connectivity index (χ3v) is 2.89. The Bertz CT molecular complexity index is 387. The third-order valence-electron chi connectivity index (χ3n) is 2.89. The number of hydroxylamine groups is 2. The number of rotatable bonds is 7. The van der Waals surface area contributed by atoms with Gasteiger partial charge >= 0.3 is 7.05 Å². The van der Waals surface area contributed by atoms with Crippen LogP contribution in [0.1, 0.15) is 12.0 Å². The van der Waals surface area contributed by atoms with Crippen LogP contribution in [0.4, 0.5) is 0 Å². The molecule has 0 aliphatic carbocycles. The van der Waals surface area contributed by atoms with Gasteiger partial charge in [0.1, 0.15) is 0 Å². The van der Waals surface area contributed by atoms with Gasteiger partial charge in [-0.3, -0.25) is 9.63 Å². The largest absolute Gasteiger partial charge is 0.437 e. The van der Waals surface area contributed by atoms with E-state index < -0.39 is 13.1 Å². The second-order valence-corrected chi connectivity index (χ2v) is 4.44. The molecule has 0 spiro atoms. The Hall–Kier alpha value is -1.37. The SMILES string of the molecule is CON(C)C(=O)[C@@H](CCc1ccccc1)NB(C)O. The summed E-state index contributed by atoms with van der Waals surface area (Å²) in [5.41, 5.74) is 1.16. The van der Waals surface area contributed by atoms with Crippen LogP contribution in [-0.2, 0) is 16.1 Å². The lowest BCUT2D eigenvalue weighted by atomic mass is 9.86. The van der Waals surface area contributed by atoms with Crippen LogP contribution in [0.15, 0.2) is 30.3 Å². The van der Waals surface area contributed by atoms with E-state index in [4.69, 9.17) is 4.84 Å². The van der Waals surface area contributed by atoms with Gasteiger partial charge in [0, 0.05) is 7.05 Å². The molecular weight excluding hydrogens is 243 g/mol. The van der Waals surface area contributed by atoms with Crippen molar-refractivity contribution in [1.82, 2.24) is 10.3 Å². The average molecular weight is 264 g/mol. The van der Waals surface area contributed by atoms with Crippen molar-refractivity contribution in [3.8, 4) is 0 Å². The van der Waals surface area contributed by atoms with Gasteiger partial charge in [-0.1, -0.05) is 30.3 Å². The highest BCUT2D eigenvalue weighted by Crippen LogP contribution is 2.07. The van der Waals surface area contributed by atoms with Crippen molar-refractivity contribution >= 4 is 13.0 Å². The van der Waals surface area contributed by atoms with Crippen LogP contribution in [0.5, 0.6) is 0 Å². The predicted molar refractivity (Wildman–Crippen MR) is 75.3 cm³/mol. The average Bonchev–Trinajstić information content (AvgIpc) is 2.42. The first-order valence-electron chi connectivity index (χ1n) is 6.34. The molecule has 0 aliphatic heterocycles. The zero-order chi connectivity index (χ0) is 14.3.